The standard InChI is InChI=1S/C11H14N2O2S3/c1-3-6-18(14,15)13-8-4-5-9-10(7-8)17-11(12-9)16-2/h4-5,7,13H,3,6H2,1-2H3. The SMILES string of the molecule is CCCS(=O)(=O)Nc1ccc2nc(SC)sc2c1. The second-order valence-electron chi connectivity index (χ2n) is 3.79. The Morgan fingerprint density at radius 3 is 2.89 bits per heavy atom. The number of rotatable bonds is 5. The zero-order chi connectivity index (χ0) is 13.2. The molecule has 4 nitrogen and oxygen atoms in total. The Labute approximate surface area is 115 Å². The van der Waals surface area contributed by atoms with Crippen LogP contribution in [-0.2, 0) is 10.0 Å². The van der Waals surface area contributed by atoms with Crippen molar-refractivity contribution in [1.82, 2.24) is 4.98 Å². The van der Waals surface area contributed by atoms with Gasteiger partial charge in [0.25, 0.3) is 0 Å². The molecule has 0 radical (unpaired) electrons. The number of aromatic nitrogens is 1. The molecule has 98 valence electrons. The van der Waals surface area contributed by atoms with Gasteiger partial charge in [0.1, 0.15) is 0 Å². The lowest BCUT2D eigenvalue weighted by Gasteiger charge is -2.06. The number of thioether (sulfide) groups is 1. The molecule has 0 bridgehead atoms. The monoisotopic (exact) mass is 302 g/mol. The number of hydrogen-bond donors (Lipinski definition) is 1. The molecule has 2 aromatic rings. The number of anilines is 1. The summed E-state index contributed by atoms with van der Waals surface area (Å²) in [6.45, 7) is 1.84. The Bertz CT molecular complexity index is 649. The van der Waals surface area contributed by atoms with E-state index in [9.17, 15) is 8.42 Å². The number of nitrogens with zero attached hydrogens (tertiary/aromatic N) is 1. The average molecular weight is 302 g/mol. The van der Waals surface area contributed by atoms with Crippen molar-refractivity contribution in [2.24, 2.45) is 0 Å². The van der Waals surface area contributed by atoms with E-state index in [4.69, 9.17) is 0 Å². The summed E-state index contributed by atoms with van der Waals surface area (Å²) in [5.41, 5.74) is 1.51. The molecule has 0 unspecified atom stereocenters. The molecule has 2 rings (SSSR count). The molecule has 7 heteroatoms. The van der Waals surface area contributed by atoms with Crippen LogP contribution in [0.5, 0.6) is 0 Å². The number of sulfonamides is 1. The molecule has 1 N–H and O–H groups in total. The van der Waals surface area contributed by atoms with Crippen LogP contribution in [-0.4, -0.2) is 25.4 Å². The fourth-order valence-electron chi connectivity index (χ4n) is 1.55. The van der Waals surface area contributed by atoms with Gasteiger partial charge in [0, 0.05) is 0 Å². The predicted molar refractivity (Wildman–Crippen MR) is 79.1 cm³/mol. The lowest BCUT2D eigenvalue weighted by Crippen LogP contribution is -2.15. The highest BCUT2D eigenvalue weighted by atomic mass is 32.2. The molecule has 0 amide bonds. The highest BCUT2D eigenvalue weighted by Crippen LogP contribution is 2.30. The van der Waals surface area contributed by atoms with Gasteiger partial charge in [0.2, 0.25) is 10.0 Å². The molecule has 0 aliphatic rings. The van der Waals surface area contributed by atoms with E-state index in [0.29, 0.717) is 12.1 Å². The van der Waals surface area contributed by atoms with Gasteiger partial charge < -0.3 is 0 Å². The smallest absolute Gasteiger partial charge is 0.232 e. The number of nitrogens with one attached hydrogen (secondary N) is 1. The van der Waals surface area contributed by atoms with Crippen molar-refractivity contribution in [3.8, 4) is 0 Å². The van der Waals surface area contributed by atoms with Gasteiger partial charge >= 0.3 is 0 Å². The second kappa shape index (κ2) is 5.46. The van der Waals surface area contributed by atoms with Crippen LogP contribution in [0.25, 0.3) is 10.2 Å². The summed E-state index contributed by atoms with van der Waals surface area (Å²) in [5.74, 6) is 0.143. The molecule has 1 aromatic carbocycles. The van der Waals surface area contributed by atoms with E-state index in [1.165, 1.54) is 0 Å². The Morgan fingerprint density at radius 1 is 1.44 bits per heavy atom. The summed E-state index contributed by atoms with van der Waals surface area (Å²) in [6.07, 6.45) is 2.58. The summed E-state index contributed by atoms with van der Waals surface area (Å²) in [7, 11) is -3.22. The maximum atomic E-state index is 11.7. The van der Waals surface area contributed by atoms with Gasteiger partial charge in [-0.2, -0.15) is 0 Å². The first-order valence-electron chi connectivity index (χ1n) is 5.49. The van der Waals surface area contributed by atoms with E-state index in [0.717, 1.165) is 14.6 Å². The van der Waals surface area contributed by atoms with E-state index in [1.54, 1.807) is 29.2 Å². The van der Waals surface area contributed by atoms with Crippen molar-refractivity contribution < 1.29 is 8.42 Å². The second-order valence-corrected chi connectivity index (χ2v) is 7.71. The Morgan fingerprint density at radius 2 is 2.22 bits per heavy atom. The molecular weight excluding hydrogens is 288 g/mol. The number of thiazole rings is 1. The van der Waals surface area contributed by atoms with Crippen molar-refractivity contribution in [3.05, 3.63) is 18.2 Å². The lowest BCUT2D eigenvalue weighted by molar-refractivity contribution is 0.600. The first kappa shape index (κ1) is 13.6. The summed E-state index contributed by atoms with van der Waals surface area (Å²) in [5, 5.41) is 0. The van der Waals surface area contributed by atoms with Crippen molar-refractivity contribution >= 4 is 49.0 Å². The van der Waals surface area contributed by atoms with Gasteiger partial charge in [-0.15, -0.1) is 11.3 Å². The minimum absolute atomic E-state index is 0.143. The molecular formula is C11H14N2O2S3. The first-order chi connectivity index (χ1) is 8.54. The van der Waals surface area contributed by atoms with Crippen LogP contribution in [0, 0.1) is 0 Å². The van der Waals surface area contributed by atoms with Crippen molar-refractivity contribution in [1.29, 1.82) is 0 Å². The summed E-state index contributed by atoms with van der Waals surface area (Å²) in [6, 6.07) is 5.43. The van der Waals surface area contributed by atoms with Gasteiger partial charge in [0.05, 0.1) is 21.7 Å². The van der Waals surface area contributed by atoms with Gasteiger partial charge in [-0.25, -0.2) is 13.4 Å². The van der Waals surface area contributed by atoms with E-state index >= 15 is 0 Å². The third kappa shape index (κ3) is 3.15. The quantitative estimate of drug-likeness (QED) is 0.862. The molecule has 0 aliphatic carbocycles. The van der Waals surface area contributed by atoms with E-state index in [1.807, 2.05) is 25.3 Å². The normalized spacial score (nSPS) is 11.9. The lowest BCUT2D eigenvalue weighted by atomic mass is 10.3. The highest BCUT2D eigenvalue weighted by molar-refractivity contribution is 8.00. The Hall–Kier alpha value is -0.790. The minimum atomic E-state index is -3.22. The predicted octanol–water partition coefficient (Wildman–Crippen LogP) is 3.17. The molecule has 1 heterocycles. The van der Waals surface area contributed by atoms with Crippen LogP contribution >= 0.6 is 23.1 Å². The highest BCUT2D eigenvalue weighted by Gasteiger charge is 2.10. The maximum absolute atomic E-state index is 11.7. The van der Waals surface area contributed by atoms with Crippen LogP contribution in [0.2, 0.25) is 0 Å². The molecule has 0 spiro atoms. The van der Waals surface area contributed by atoms with Crippen LogP contribution in [0.1, 0.15) is 13.3 Å². The van der Waals surface area contributed by atoms with Gasteiger partial charge in [-0.1, -0.05) is 18.7 Å². The number of fused-ring (bicyclic) bond motifs is 1. The Balaban J connectivity index is 2.30. The van der Waals surface area contributed by atoms with Crippen molar-refractivity contribution in [2.45, 2.75) is 17.7 Å². The largest absolute Gasteiger partial charge is 0.284 e. The molecule has 18 heavy (non-hydrogen) atoms. The van der Waals surface area contributed by atoms with Crippen LogP contribution in [0.3, 0.4) is 0 Å². The fraction of sp³-hybridized carbons (Fsp3) is 0.364. The van der Waals surface area contributed by atoms with Crippen LogP contribution in [0.15, 0.2) is 22.5 Å². The topological polar surface area (TPSA) is 59.1 Å². The molecule has 0 atom stereocenters. The first-order valence-corrected chi connectivity index (χ1v) is 9.18. The molecule has 1 aromatic heterocycles. The van der Waals surface area contributed by atoms with Crippen molar-refractivity contribution in [2.75, 3.05) is 16.7 Å². The fourth-order valence-corrected chi connectivity index (χ4v) is 4.21. The number of hydrogen-bond acceptors (Lipinski definition) is 5. The number of benzene rings is 1. The van der Waals surface area contributed by atoms with Crippen molar-refractivity contribution in [3.63, 3.8) is 0 Å². The molecule has 0 fully saturated rings. The van der Waals surface area contributed by atoms with Crippen LogP contribution < -0.4 is 4.72 Å². The maximum Gasteiger partial charge on any atom is 0.232 e. The minimum Gasteiger partial charge on any atom is -0.284 e. The zero-order valence-corrected chi connectivity index (χ0v) is 12.6. The van der Waals surface area contributed by atoms with E-state index < -0.39 is 10.0 Å². The van der Waals surface area contributed by atoms with Gasteiger partial charge in [-0.05, 0) is 30.9 Å². The zero-order valence-electron chi connectivity index (χ0n) is 10.1. The Kier molecular flexibility index (Phi) is 4.14. The summed E-state index contributed by atoms with van der Waals surface area (Å²) in [4.78, 5) is 4.41. The van der Waals surface area contributed by atoms with E-state index in [2.05, 4.69) is 9.71 Å². The third-order valence-electron chi connectivity index (χ3n) is 2.29. The average Bonchev–Trinajstić information content (AvgIpc) is 2.70. The van der Waals surface area contributed by atoms with Crippen LogP contribution in [0.4, 0.5) is 5.69 Å². The summed E-state index contributed by atoms with van der Waals surface area (Å²) >= 11 is 3.16. The molecule has 0 saturated carbocycles. The summed E-state index contributed by atoms with van der Waals surface area (Å²) < 4.78 is 27.9. The van der Waals surface area contributed by atoms with Gasteiger partial charge in [-0.3, -0.25) is 4.72 Å². The third-order valence-corrected chi connectivity index (χ3v) is 5.79. The molecule has 0 saturated heterocycles. The van der Waals surface area contributed by atoms with E-state index in [-0.39, 0.29) is 5.75 Å². The molecule has 0 aliphatic heterocycles. The van der Waals surface area contributed by atoms with Gasteiger partial charge in [0.15, 0.2) is 4.34 Å².